The van der Waals surface area contributed by atoms with Crippen molar-refractivity contribution in [2.24, 2.45) is 11.8 Å². The summed E-state index contributed by atoms with van der Waals surface area (Å²) in [6.45, 7) is 2.01. The minimum atomic E-state index is -4.48. The predicted molar refractivity (Wildman–Crippen MR) is 104 cm³/mol. The van der Waals surface area contributed by atoms with Gasteiger partial charge in [0, 0.05) is 0 Å². The molecule has 0 heterocycles. The molecule has 4 rings (SSSR count). The Balaban J connectivity index is 1.69. The highest BCUT2D eigenvalue weighted by atomic mass is 19.4. The smallest absolute Gasteiger partial charge is 0.206 e. The molecule has 0 radical (unpaired) electrons. The van der Waals surface area contributed by atoms with Crippen LogP contribution in [0, 0.1) is 23.5 Å². The molecule has 2 aliphatic carbocycles. The van der Waals surface area contributed by atoms with Crippen LogP contribution in [0.5, 0.6) is 0 Å². The maximum Gasteiger partial charge on any atom is 0.416 e. The van der Waals surface area contributed by atoms with Gasteiger partial charge in [-0.3, -0.25) is 0 Å². The third-order valence-corrected chi connectivity index (χ3v) is 6.51. The van der Waals surface area contributed by atoms with Gasteiger partial charge in [-0.1, -0.05) is 24.3 Å². The van der Waals surface area contributed by atoms with Crippen LogP contribution in [-0.2, 0) is 12.6 Å². The molecule has 0 amide bonds. The van der Waals surface area contributed by atoms with Crippen LogP contribution in [0.3, 0.4) is 0 Å². The summed E-state index contributed by atoms with van der Waals surface area (Å²) in [6, 6.07) is 5.45. The summed E-state index contributed by atoms with van der Waals surface area (Å²) in [5.74, 6) is -0.200. The number of hydrogen-bond acceptors (Lipinski definition) is 0. The Hall–Kier alpha value is -2.17. The Labute approximate surface area is 167 Å². The Morgan fingerprint density at radius 1 is 1.00 bits per heavy atom. The van der Waals surface area contributed by atoms with Crippen molar-refractivity contribution >= 4 is 0 Å². The first-order chi connectivity index (χ1) is 13.8. The second kappa shape index (κ2) is 7.58. The molecule has 2 aromatic rings. The fourth-order valence-electron chi connectivity index (χ4n) is 5.16. The van der Waals surface area contributed by atoms with Gasteiger partial charge in [-0.2, -0.15) is 13.2 Å². The highest BCUT2D eigenvalue weighted by molar-refractivity contribution is 5.67. The number of rotatable bonds is 2. The highest BCUT2D eigenvalue weighted by Gasteiger charge is 2.37. The number of hydrogen-bond donors (Lipinski definition) is 0. The van der Waals surface area contributed by atoms with Gasteiger partial charge in [0.05, 0.1) is 11.1 Å². The third-order valence-electron chi connectivity index (χ3n) is 6.51. The Morgan fingerprint density at radius 3 is 2.38 bits per heavy atom. The van der Waals surface area contributed by atoms with Gasteiger partial charge in [0.25, 0.3) is 0 Å². The van der Waals surface area contributed by atoms with Crippen LogP contribution in [0.4, 0.5) is 22.0 Å². The van der Waals surface area contributed by atoms with E-state index in [4.69, 9.17) is 0 Å². The van der Waals surface area contributed by atoms with Gasteiger partial charge >= 0.3 is 6.18 Å². The second-order valence-corrected chi connectivity index (χ2v) is 8.19. The van der Waals surface area contributed by atoms with E-state index in [-0.39, 0.29) is 17.0 Å². The zero-order valence-corrected chi connectivity index (χ0v) is 16.2. The molecule has 2 aliphatic rings. The van der Waals surface area contributed by atoms with Crippen LogP contribution in [0.15, 0.2) is 42.5 Å². The first-order valence-electron chi connectivity index (χ1n) is 10.1. The van der Waals surface area contributed by atoms with Crippen LogP contribution in [0.25, 0.3) is 11.1 Å². The Morgan fingerprint density at radius 2 is 1.72 bits per heavy atom. The third kappa shape index (κ3) is 3.72. The van der Waals surface area contributed by atoms with E-state index in [1.807, 2.05) is 6.92 Å². The summed E-state index contributed by atoms with van der Waals surface area (Å²) in [5.41, 5.74) is 0.367. The van der Waals surface area contributed by atoms with Crippen molar-refractivity contribution in [2.75, 3.05) is 0 Å². The second-order valence-electron chi connectivity index (χ2n) is 8.19. The minimum Gasteiger partial charge on any atom is -0.206 e. The van der Waals surface area contributed by atoms with Gasteiger partial charge in [-0.25, -0.2) is 8.78 Å². The summed E-state index contributed by atoms with van der Waals surface area (Å²) < 4.78 is 68.6. The lowest BCUT2D eigenvalue weighted by atomic mass is 9.65. The van der Waals surface area contributed by atoms with Gasteiger partial charge in [0.1, 0.15) is 11.6 Å². The number of alkyl halides is 3. The van der Waals surface area contributed by atoms with Crippen molar-refractivity contribution in [2.45, 2.75) is 51.1 Å². The zero-order valence-electron chi connectivity index (χ0n) is 16.2. The van der Waals surface area contributed by atoms with Crippen molar-refractivity contribution in [3.8, 4) is 11.1 Å². The topological polar surface area (TPSA) is 0 Å². The van der Waals surface area contributed by atoms with Gasteiger partial charge in [-0.15, -0.1) is 0 Å². The molecule has 0 nitrogen and oxygen atoms in total. The Bertz CT molecular complexity index is 924. The van der Waals surface area contributed by atoms with E-state index >= 15 is 4.39 Å². The van der Waals surface area contributed by atoms with Gasteiger partial charge in [0.2, 0.25) is 0 Å². The molecule has 0 N–H and O–H groups in total. The highest BCUT2D eigenvalue weighted by Crippen LogP contribution is 2.49. The predicted octanol–water partition coefficient (Wildman–Crippen LogP) is 7.67. The van der Waals surface area contributed by atoms with Crippen molar-refractivity contribution in [1.29, 1.82) is 0 Å². The summed E-state index contributed by atoms with van der Waals surface area (Å²) in [4.78, 5) is 0. The summed E-state index contributed by atoms with van der Waals surface area (Å²) in [5, 5.41) is 0. The van der Waals surface area contributed by atoms with E-state index < -0.39 is 23.4 Å². The average Bonchev–Trinajstić information content (AvgIpc) is 2.67. The molecular weight excluding hydrogens is 383 g/mol. The molecule has 0 aromatic heterocycles. The molecule has 0 spiro atoms. The van der Waals surface area contributed by atoms with Crippen molar-refractivity contribution < 1.29 is 22.0 Å². The minimum absolute atomic E-state index is 0.134. The lowest BCUT2D eigenvalue weighted by Gasteiger charge is -2.40. The molecular formula is C24H23F5. The van der Waals surface area contributed by atoms with Gasteiger partial charge in [0.15, 0.2) is 0 Å². The monoisotopic (exact) mass is 406 g/mol. The summed E-state index contributed by atoms with van der Waals surface area (Å²) in [7, 11) is 0. The van der Waals surface area contributed by atoms with Crippen LogP contribution in [0.1, 0.15) is 55.2 Å². The van der Waals surface area contributed by atoms with Crippen molar-refractivity contribution in [3.05, 3.63) is 70.8 Å². The Kier molecular flexibility index (Phi) is 5.26. The number of benzene rings is 2. The number of fused-ring (bicyclic) bond motifs is 3. The lowest BCUT2D eigenvalue weighted by Crippen LogP contribution is -2.28. The van der Waals surface area contributed by atoms with Crippen LogP contribution in [-0.4, -0.2) is 0 Å². The van der Waals surface area contributed by atoms with E-state index in [0.717, 1.165) is 55.5 Å². The molecule has 2 aromatic carbocycles. The molecule has 1 saturated carbocycles. The largest absolute Gasteiger partial charge is 0.416 e. The molecule has 5 heteroatoms. The standard InChI is InChI=1S/C24H23F5/c1-2-3-14-4-10-18-16(12-14)7-11-19-20(18)13-21(25)22(23(19)26)15-5-8-17(9-6-15)24(27,28)29/h2-3,5-6,8-9,13-14,16,18H,4,7,10-12H2,1H3/t14-,16-,18+/m1/s1. The van der Waals surface area contributed by atoms with Crippen LogP contribution >= 0.6 is 0 Å². The molecule has 29 heavy (non-hydrogen) atoms. The molecule has 1 fully saturated rings. The van der Waals surface area contributed by atoms with Gasteiger partial charge < -0.3 is 0 Å². The van der Waals surface area contributed by atoms with E-state index in [0.29, 0.717) is 23.8 Å². The molecule has 0 aliphatic heterocycles. The van der Waals surface area contributed by atoms with Crippen molar-refractivity contribution in [3.63, 3.8) is 0 Å². The molecule has 0 unspecified atom stereocenters. The summed E-state index contributed by atoms with van der Waals surface area (Å²) >= 11 is 0. The van der Waals surface area contributed by atoms with E-state index in [9.17, 15) is 17.6 Å². The first kappa shape index (κ1) is 20.1. The van der Waals surface area contributed by atoms with Crippen molar-refractivity contribution in [1.82, 2.24) is 0 Å². The lowest BCUT2D eigenvalue weighted by molar-refractivity contribution is -0.137. The van der Waals surface area contributed by atoms with Crippen LogP contribution in [0.2, 0.25) is 0 Å². The number of allylic oxidation sites excluding steroid dienone is 2. The fraction of sp³-hybridized carbons (Fsp3) is 0.417. The average molecular weight is 406 g/mol. The zero-order chi connectivity index (χ0) is 20.8. The summed E-state index contributed by atoms with van der Waals surface area (Å²) in [6.07, 6.45) is 4.17. The van der Waals surface area contributed by atoms with Gasteiger partial charge in [-0.05, 0) is 91.7 Å². The normalized spacial score (nSPS) is 24.4. The molecule has 0 bridgehead atoms. The molecule has 0 saturated heterocycles. The van der Waals surface area contributed by atoms with E-state index in [1.54, 1.807) is 0 Å². The molecule has 154 valence electrons. The van der Waals surface area contributed by atoms with Crippen LogP contribution < -0.4 is 0 Å². The maximum absolute atomic E-state index is 15.3. The first-order valence-corrected chi connectivity index (χ1v) is 10.1. The number of halogens is 5. The van der Waals surface area contributed by atoms with E-state index in [2.05, 4.69) is 12.2 Å². The molecule has 3 atom stereocenters. The fourth-order valence-corrected chi connectivity index (χ4v) is 5.16. The SMILES string of the molecule is CC=C[C@@H]1CC[C@@H]2c3cc(F)c(-c4ccc(C(F)(F)F)cc4)c(F)c3CC[C@@H]2C1. The van der Waals surface area contributed by atoms with E-state index in [1.165, 1.54) is 6.07 Å². The maximum atomic E-state index is 15.3. The quantitative estimate of drug-likeness (QED) is 0.354.